The van der Waals surface area contributed by atoms with E-state index >= 15 is 0 Å². The molecule has 0 spiro atoms. The van der Waals surface area contributed by atoms with Gasteiger partial charge in [0.2, 0.25) is 0 Å². The molecule has 0 N–H and O–H groups in total. The highest BCUT2D eigenvalue weighted by molar-refractivity contribution is 5.69. The minimum Gasteiger partial charge on any atom is -0.463 e. The Morgan fingerprint density at radius 1 is 1.73 bits per heavy atom. The van der Waals surface area contributed by atoms with Crippen LogP contribution in [0.5, 0.6) is 0 Å². The molecule has 0 aliphatic heterocycles. The molecule has 0 aromatic carbocycles. The molecule has 0 amide bonds. The minimum atomic E-state index is -0.124. The number of hydrogen-bond acceptors (Lipinski definition) is 2. The summed E-state index contributed by atoms with van der Waals surface area (Å²) in [5, 5.41) is 0. The molecule has 2 heteroatoms. The van der Waals surface area contributed by atoms with Crippen LogP contribution in [0.1, 0.15) is 33.1 Å². The predicted molar refractivity (Wildman–Crippen MR) is 45.3 cm³/mol. The van der Waals surface area contributed by atoms with Crippen LogP contribution in [0.4, 0.5) is 0 Å². The van der Waals surface area contributed by atoms with Gasteiger partial charge in [-0.3, -0.25) is 4.79 Å². The van der Waals surface area contributed by atoms with E-state index in [9.17, 15) is 4.79 Å². The lowest BCUT2D eigenvalue weighted by atomic mass is 10.2. The van der Waals surface area contributed by atoms with Gasteiger partial charge in [-0.05, 0) is 19.8 Å². The van der Waals surface area contributed by atoms with Gasteiger partial charge in [-0.15, -0.1) is 6.58 Å². The molecule has 0 aliphatic carbocycles. The fraction of sp³-hybridized carbons (Fsp3) is 0.667. The van der Waals surface area contributed by atoms with Crippen LogP contribution in [0.3, 0.4) is 0 Å². The Kier molecular flexibility index (Phi) is 5.53. The third kappa shape index (κ3) is 5.64. The first-order valence-electron chi connectivity index (χ1n) is 4.01. The van der Waals surface area contributed by atoms with Gasteiger partial charge in [0, 0.05) is 6.42 Å². The smallest absolute Gasteiger partial charge is 0.305 e. The van der Waals surface area contributed by atoms with Crippen molar-refractivity contribution in [2.24, 2.45) is 0 Å². The van der Waals surface area contributed by atoms with Gasteiger partial charge in [0.15, 0.2) is 0 Å². The Labute approximate surface area is 68.2 Å². The molecular weight excluding hydrogens is 140 g/mol. The van der Waals surface area contributed by atoms with Gasteiger partial charge < -0.3 is 4.74 Å². The van der Waals surface area contributed by atoms with Gasteiger partial charge in [0.25, 0.3) is 0 Å². The monoisotopic (exact) mass is 156 g/mol. The van der Waals surface area contributed by atoms with Crippen LogP contribution in [0.2, 0.25) is 0 Å². The first-order valence-corrected chi connectivity index (χ1v) is 4.01. The van der Waals surface area contributed by atoms with E-state index in [2.05, 4.69) is 6.58 Å². The molecule has 1 atom stereocenters. The Morgan fingerprint density at radius 2 is 2.36 bits per heavy atom. The van der Waals surface area contributed by atoms with Crippen LogP contribution in [-0.2, 0) is 9.53 Å². The number of carbonyl (C=O) groups is 1. The topological polar surface area (TPSA) is 26.3 Å². The summed E-state index contributed by atoms with van der Waals surface area (Å²) in [6.07, 6.45) is 4.09. The fourth-order valence-corrected chi connectivity index (χ4v) is 0.719. The van der Waals surface area contributed by atoms with Gasteiger partial charge in [0.05, 0.1) is 6.10 Å². The highest BCUT2D eigenvalue weighted by Crippen LogP contribution is 2.02. The second kappa shape index (κ2) is 5.96. The van der Waals surface area contributed by atoms with Crippen LogP contribution >= 0.6 is 0 Å². The van der Waals surface area contributed by atoms with Gasteiger partial charge in [-0.25, -0.2) is 0 Å². The summed E-state index contributed by atoms with van der Waals surface area (Å²) in [7, 11) is 0. The normalized spacial score (nSPS) is 12.2. The van der Waals surface area contributed by atoms with Crippen molar-refractivity contribution in [1.29, 1.82) is 0 Å². The quantitative estimate of drug-likeness (QED) is 0.451. The average Bonchev–Trinajstić information content (AvgIpc) is 2.00. The molecule has 0 fully saturated rings. The van der Waals surface area contributed by atoms with Crippen molar-refractivity contribution in [2.75, 3.05) is 0 Å². The van der Waals surface area contributed by atoms with Crippen molar-refractivity contribution in [1.82, 2.24) is 0 Å². The van der Waals surface area contributed by atoms with Crippen LogP contribution in [0, 0.1) is 0 Å². The molecule has 0 radical (unpaired) electrons. The second-order valence-electron chi connectivity index (χ2n) is 2.52. The number of rotatable bonds is 5. The Hall–Kier alpha value is -0.790. The van der Waals surface area contributed by atoms with E-state index in [1.54, 1.807) is 6.92 Å². The van der Waals surface area contributed by atoms with Crippen LogP contribution in [0.25, 0.3) is 0 Å². The van der Waals surface area contributed by atoms with E-state index in [1.807, 2.05) is 13.0 Å². The van der Waals surface area contributed by atoms with Crippen molar-refractivity contribution >= 4 is 5.97 Å². The summed E-state index contributed by atoms with van der Waals surface area (Å²) in [4.78, 5) is 10.7. The van der Waals surface area contributed by atoms with Crippen LogP contribution in [0.15, 0.2) is 12.7 Å². The number of hydrogen-bond donors (Lipinski definition) is 0. The molecule has 0 aliphatic rings. The summed E-state index contributed by atoms with van der Waals surface area (Å²) in [6.45, 7) is 7.29. The maximum atomic E-state index is 10.7. The van der Waals surface area contributed by atoms with Crippen molar-refractivity contribution in [3.63, 3.8) is 0 Å². The van der Waals surface area contributed by atoms with Gasteiger partial charge in [0.1, 0.15) is 0 Å². The molecule has 11 heavy (non-hydrogen) atoms. The van der Waals surface area contributed by atoms with Crippen molar-refractivity contribution in [3.05, 3.63) is 12.7 Å². The lowest BCUT2D eigenvalue weighted by Crippen LogP contribution is -2.13. The standard InChI is InChI=1S/C9H16O2/c1-4-6-7-8(3)11-9(10)5-2/h4,8H,1,5-7H2,2-3H3. The summed E-state index contributed by atoms with van der Waals surface area (Å²) >= 11 is 0. The van der Waals surface area contributed by atoms with E-state index < -0.39 is 0 Å². The lowest BCUT2D eigenvalue weighted by molar-refractivity contribution is -0.148. The molecule has 2 nitrogen and oxygen atoms in total. The Bertz CT molecular complexity index is 130. The maximum absolute atomic E-state index is 10.7. The SMILES string of the molecule is C=CCCC(C)OC(=O)CC. The van der Waals surface area contributed by atoms with Gasteiger partial charge in [-0.1, -0.05) is 13.0 Å². The second-order valence-corrected chi connectivity index (χ2v) is 2.52. The van der Waals surface area contributed by atoms with E-state index in [0.717, 1.165) is 12.8 Å². The summed E-state index contributed by atoms with van der Waals surface area (Å²) in [5.41, 5.74) is 0. The highest BCUT2D eigenvalue weighted by Gasteiger charge is 2.05. The number of carbonyl (C=O) groups excluding carboxylic acids is 1. The van der Waals surface area contributed by atoms with Gasteiger partial charge in [-0.2, -0.15) is 0 Å². The first kappa shape index (κ1) is 10.2. The summed E-state index contributed by atoms with van der Waals surface area (Å²) in [5.74, 6) is -0.124. The molecule has 0 aromatic heterocycles. The van der Waals surface area contributed by atoms with Crippen molar-refractivity contribution in [3.8, 4) is 0 Å². The third-order valence-corrected chi connectivity index (χ3v) is 1.40. The number of allylic oxidation sites excluding steroid dienone is 1. The predicted octanol–water partition coefficient (Wildman–Crippen LogP) is 2.29. The molecule has 64 valence electrons. The molecule has 0 saturated heterocycles. The Balaban J connectivity index is 3.42. The number of esters is 1. The largest absolute Gasteiger partial charge is 0.463 e. The summed E-state index contributed by atoms with van der Waals surface area (Å²) < 4.78 is 5.01. The molecule has 0 bridgehead atoms. The van der Waals surface area contributed by atoms with Crippen LogP contribution in [-0.4, -0.2) is 12.1 Å². The zero-order chi connectivity index (χ0) is 8.69. The van der Waals surface area contributed by atoms with Gasteiger partial charge >= 0.3 is 5.97 Å². The highest BCUT2D eigenvalue weighted by atomic mass is 16.5. The molecule has 0 saturated carbocycles. The average molecular weight is 156 g/mol. The van der Waals surface area contributed by atoms with E-state index in [-0.39, 0.29) is 12.1 Å². The maximum Gasteiger partial charge on any atom is 0.305 e. The molecule has 1 unspecified atom stereocenters. The molecule has 0 heterocycles. The zero-order valence-electron chi connectivity index (χ0n) is 7.30. The first-order chi connectivity index (χ1) is 5.20. The fourth-order valence-electron chi connectivity index (χ4n) is 0.719. The van der Waals surface area contributed by atoms with E-state index in [0.29, 0.717) is 6.42 Å². The lowest BCUT2D eigenvalue weighted by Gasteiger charge is -2.10. The van der Waals surface area contributed by atoms with Crippen molar-refractivity contribution < 1.29 is 9.53 Å². The minimum absolute atomic E-state index is 0.0282. The van der Waals surface area contributed by atoms with E-state index in [4.69, 9.17) is 4.74 Å². The molecule has 0 rings (SSSR count). The van der Waals surface area contributed by atoms with Crippen LogP contribution < -0.4 is 0 Å². The summed E-state index contributed by atoms with van der Waals surface area (Å²) in [6, 6.07) is 0. The van der Waals surface area contributed by atoms with Crippen molar-refractivity contribution in [2.45, 2.75) is 39.2 Å². The molecule has 0 aromatic rings. The van der Waals surface area contributed by atoms with E-state index in [1.165, 1.54) is 0 Å². The third-order valence-electron chi connectivity index (χ3n) is 1.40. The molecular formula is C9H16O2. The zero-order valence-corrected chi connectivity index (χ0v) is 7.30. The number of ether oxygens (including phenoxy) is 1. The Morgan fingerprint density at radius 3 is 2.82 bits per heavy atom.